The van der Waals surface area contributed by atoms with E-state index in [1.165, 1.54) is 6.20 Å². The van der Waals surface area contributed by atoms with Gasteiger partial charge in [0.25, 0.3) is 0 Å². The summed E-state index contributed by atoms with van der Waals surface area (Å²) in [6.45, 7) is 0. The second-order valence-electron chi connectivity index (χ2n) is 1.45. The van der Waals surface area contributed by atoms with Crippen LogP contribution in [0.2, 0.25) is 0 Å². The van der Waals surface area contributed by atoms with Crippen LogP contribution in [-0.2, 0) is 0 Å². The Morgan fingerprint density at radius 3 is 2.18 bits per heavy atom. The monoisotopic (exact) mass is 156 g/mol. The van der Waals surface area contributed by atoms with Crippen molar-refractivity contribution in [3.8, 4) is 0 Å². The largest absolute Gasteiger partial charge is 0.382 e. The predicted molar refractivity (Wildman–Crippen MR) is 38.0 cm³/mol. The zero-order valence-corrected chi connectivity index (χ0v) is 5.64. The van der Waals surface area contributed by atoms with Gasteiger partial charge >= 0.3 is 6.03 Å². The van der Waals surface area contributed by atoms with E-state index in [9.17, 15) is 0 Å². The highest BCUT2D eigenvalue weighted by Gasteiger charge is 1.76. The van der Waals surface area contributed by atoms with Crippen molar-refractivity contribution in [2.45, 2.75) is 0 Å². The Balaban J connectivity index is 0.000000218. The van der Waals surface area contributed by atoms with E-state index in [4.69, 9.17) is 10.5 Å². The highest BCUT2D eigenvalue weighted by Crippen LogP contribution is 1.83. The molecule has 0 fully saturated rings. The molecule has 0 aliphatic heterocycles. The molecule has 0 radical (unpaired) electrons. The summed E-state index contributed by atoms with van der Waals surface area (Å²) in [6.07, 6.45) is 1.49. The van der Waals surface area contributed by atoms with Gasteiger partial charge in [0.15, 0.2) is 0 Å². The number of nitrogens with two attached hydrogens (primary N) is 3. The Hall–Kier alpha value is -1.92. The maximum atomic E-state index is 9.00. The first-order valence-electron chi connectivity index (χ1n) is 2.57. The fourth-order valence-electron chi connectivity index (χ4n) is 0.250. The second kappa shape index (κ2) is 4.91. The minimum atomic E-state index is -0.833. The Morgan fingerprint density at radius 2 is 2.00 bits per heavy atom. The number of hydrogen-bond donors (Lipinski definition) is 3. The number of rotatable bonds is 0. The van der Waals surface area contributed by atoms with E-state index < -0.39 is 6.03 Å². The van der Waals surface area contributed by atoms with Gasteiger partial charge in [0, 0.05) is 6.07 Å². The minimum Gasteiger partial charge on any atom is -0.382 e. The van der Waals surface area contributed by atoms with E-state index in [1.807, 2.05) is 0 Å². The first-order valence-corrected chi connectivity index (χ1v) is 2.57. The average Bonchev–Trinajstić information content (AvgIpc) is 1.87. The van der Waals surface area contributed by atoms with Crippen molar-refractivity contribution in [1.29, 1.82) is 0 Å². The molecule has 1 heterocycles. The molecule has 0 unspecified atom stereocenters. The average molecular weight is 156 g/mol. The molecule has 0 saturated heterocycles. The molecule has 60 valence electrons. The van der Waals surface area contributed by atoms with Crippen LogP contribution in [0.25, 0.3) is 0 Å². The highest BCUT2D eigenvalue weighted by molar-refractivity contribution is 5.69. The molecular formula is C4H8N6O. The van der Waals surface area contributed by atoms with Gasteiger partial charge < -0.3 is 17.2 Å². The smallest absolute Gasteiger partial charge is 0.309 e. The van der Waals surface area contributed by atoms with Gasteiger partial charge in [0.1, 0.15) is 5.82 Å². The lowest BCUT2D eigenvalue weighted by Gasteiger charge is -1.80. The fraction of sp³-hybridized carbons (Fsp3) is 0. The summed E-state index contributed by atoms with van der Waals surface area (Å²) in [5.41, 5.74) is 13.6. The molecule has 0 spiro atoms. The van der Waals surface area contributed by atoms with E-state index in [0.29, 0.717) is 5.82 Å². The lowest BCUT2D eigenvalue weighted by molar-refractivity contribution is 0.256. The Bertz CT molecular complexity index is 207. The van der Waals surface area contributed by atoms with Crippen molar-refractivity contribution in [2.75, 3.05) is 5.73 Å². The van der Waals surface area contributed by atoms with E-state index in [-0.39, 0.29) is 0 Å². The first-order chi connectivity index (χ1) is 5.13. The number of urea groups is 1. The van der Waals surface area contributed by atoms with Crippen molar-refractivity contribution in [3.63, 3.8) is 0 Å². The van der Waals surface area contributed by atoms with Crippen LogP contribution < -0.4 is 17.2 Å². The van der Waals surface area contributed by atoms with Crippen LogP contribution >= 0.6 is 0 Å². The number of aromatic nitrogens is 3. The zero-order chi connectivity index (χ0) is 8.69. The third kappa shape index (κ3) is 8.08. The molecule has 0 aliphatic carbocycles. The maximum absolute atomic E-state index is 9.00. The number of anilines is 1. The van der Waals surface area contributed by atoms with E-state index in [0.717, 1.165) is 0 Å². The summed E-state index contributed by atoms with van der Waals surface area (Å²) < 4.78 is 0. The first kappa shape index (κ1) is 9.08. The van der Waals surface area contributed by atoms with Gasteiger partial charge in [-0.25, -0.2) is 4.79 Å². The van der Waals surface area contributed by atoms with Gasteiger partial charge in [-0.3, -0.25) is 0 Å². The quantitative estimate of drug-likeness (QED) is 0.419. The molecule has 1 rings (SSSR count). The number of primary amides is 2. The second-order valence-corrected chi connectivity index (χ2v) is 1.45. The summed E-state index contributed by atoms with van der Waals surface area (Å²) in [4.78, 5) is 9.00. The Labute approximate surface area is 62.6 Å². The van der Waals surface area contributed by atoms with Gasteiger partial charge in [-0.15, -0.1) is 10.2 Å². The highest BCUT2D eigenvalue weighted by atomic mass is 16.2. The fourth-order valence-corrected chi connectivity index (χ4v) is 0.250. The number of carbonyl (C=O) groups excluding carboxylic acids is 1. The van der Waals surface area contributed by atoms with Gasteiger partial charge in [0.05, 0.1) is 6.20 Å². The molecule has 0 aliphatic rings. The molecule has 7 heteroatoms. The van der Waals surface area contributed by atoms with E-state index >= 15 is 0 Å². The number of nitrogen functional groups attached to an aromatic ring is 1. The molecule has 0 aromatic carbocycles. The molecule has 11 heavy (non-hydrogen) atoms. The predicted octanol–water partition coefficient (Wildman–Crippen LogP) is -1.52. The molecule has 1 aromatic rings. The zero-order valence-electron chi connectivity index (χ0n) is 5.64. The number of amides is 2. The summed E-state index contributed by atoms with van der Waals surface area (Å²) in [7, 11) is 0. The van der Waals surface area contributed by atoms with Crippen LogP contribution in [0.3, 0.4) is 0 Å². The van der Waals surface area contributed by atoms with E-state index in [2.05, 4.69) is 26.9 Å². The summed E-state index contributed by atoms with van der Waals surface area (Å²) in [5, 5.41) is 10.1. The normalized spacial score (nSPS) is 7.64. The van der Waals surface area contributed by atoms with E-state index in [1.54, 1.807) is 6.07 Å². The number of carbonyl (C=O) groups is 1. The third-order valence-corrected chi connectivity index (χ3v) is 0.524. The number of hydrogen-bond acceptors (Lipinski definition) is 5. The Morgan fingerprint density at radius 1 is 1.45 bits per heavy atom. The molecule has 0 bridgehead atoms. The van der Waals surface area contributed by atoms with Crippen LogP contribution in [0.4, 0.5) is 10.6 Å². The van der Waals surface area contributed by atoms with Crippen molar-refractivity contribution in [3.05, 3.63) is 12.3 Å². The molecule has 6 N–H and O–H groups in total. The Kier molecular flexibility index (Phi) is 4.06. The summed E-state index contributed by atoms with van der Waals surface area (Å²) in [5.74, 6) is 0.398. The van der Waals surface area contributed by atoms with Gasteiger partial charge in [-0.1, -0.05) is 0 Å². The lowest BCUT2D eigenvalue weighted by Crippen LogP contribution is -2.18. The number of nitrogens with zero attached hydrogens (tertiary/aromatic N) is 3. The SMILES string of the molecule is NC(N)=O.Nc1ccnnn1. The van der Waals surface area contributed by atoms with Crippen molar-refractivity contribution in [2.24, 2.45) is 11.5 Å². The van der Waals surface area contributed by atoms with Crippen LogP contribution in [0.1, 0.15) is 0 Å². The van der Waals surface area contributed by atoms with Crippen LogP contribution in [0.15, 0.2) is 12.3 Å². The van der Waals surface area contributed by atoms with Gasteiger partial charge in [-0.05, 0) is 5.21 Å². The van der Waals surface area contributed by atoms with Crippen molar-refractivity contribution < 1.29 is 4.79 Å². The minimum absolute atomic E-state index is 0.398. The van der Waals surface area contributed by atoms with Gasteiger partial charge in [0.2, 0.25) is 0 Å². The molecule has 0 saturated carbocycles. The molecule has 2 amide bonds. The molecule has 7 nitrogen and oxygen atoms in total. The van der Waals surface area contributed by atoms with Crippen molar-refractivity contribution >= 4 is 11.8 Å². The summed E-state index contributed by atoms with van der Waals surface area (Å²) >= 11 is 0. The summed E-state index contributed by atoms with van der Waals surface area (Å²) in [6, 6.07) is 0.743. The molecular weight excluding hydrogens is 148 g/mol. The van der Waals surface area contributed by atoms with Gasteiger partial charge in [-0.2, -0.15) is 0 Å². The van der Waals surface area contributed by atoms with Crippen LogP contribution in [0.5, 0.6) is 0 Å². The lowest BCUT2D eigenvalue weighted by atomic mass is 10.6. The molecule has 0 atom stereocenters. The van der Waals surface area contributed by atoms with Crippen LogP contribution in [-0.4, -0.2) is 21.4 Å². The standard InChI is InChI=1S/C3H4N4.CH4N2O/c4-3-1-2-5-7-6-3;2-1(3)4/h1-2H,(H2,4,5,6);(H4,2,3,4). The van der Waals surface area contributed by atoms with Crippen LogP contribution in [0, 0.1) is 0 Å². The third-order valence-electron chi connectivity index (χ3n) is 0.524. The maximum Gasteiger partial charge on any atom is 0.309 e. The van der Waals surface area contributed by atoms with Crippen molar-refractivity contribution in [1.82, 2.24) is 15.4 Å². The topological polar surface area (TPSA) is 134 Å². The molecule has 1 aromatic heterocycles.